The Morgan fingerprint density at radius 1 is 0.423 bits per heavy atom. The summed E-state index contributed by atoms with van der Waals surface area (Å²) in [5.74, 6) is 0. The maximum Gasteiger partial charge on any atom is 0.0991 e. The zero-order valence-electron chi connectivity index (χ0n) is 31.1. The van der Waals surface area contributed by atoms with Crippen molar-refractivity contribution in [2.75, 3.05) is 0 Å². The van der Waals surface area contributed by atoms with Gasteiger partial charge in [-0.3, -0.25) is 0 Å². The second kappa shape index (κ2) is 18.3. The molecule has 0 spiro atoms. The van der Waals surface area contributed by atoms with Crippen LogP contribution in [-0.4, -0.2) is 9.13 Å². The minimum atomic E-state index is 0.652. The summed E-state index contributed by atoms with van der Waals surface area (Å²) in [4.78, 5) is 0. The summed E-state index contributed by atoms with van der Waals surface area (Å²) in [6.07, 6.45) is 17.8. The van der Waals surface area contributed by atoms with Gasteiger partial charge >= 0.3 is 0 Å². The number of aromatic nitrogens is 2. The first-order valence-corrected chi connectivity index (χ1v) is 19.6. The molecule has 264 valence electrons. The number of hydrogen-bond acceptors (Lipinski definition) is 2. The van der Waals surface area contributed by atoms with Crippen LogP contribution in [0, 0.1) is 22.7 Å². The molecule has 2 heterocycles. The summed E-state index contributed by atoms with van der Waals surface area (Å²) in [5.41, 5.74) is 12.8. The molecule has 4 heteroatoms. The number of unbranched alkanes of at least 4 members (excludes halogenated alkanes) is 10. The van der Waals surface area contributed by atoms with E-state index in [-0.39, 0.29) is 0 Å². The Bertz CT molecular complexity index is 1940. The third-order valence-electron chi connectivity index (χ3n) is 10.4. The Morgan fingerprint density at radius 2 is 0.769 bits per heavy atom. The largest absolute Gasteiger partial charge is 0.308 e. The highest BCUT2D eigenvalue weighted by atomic mass is 15.1. The number of nitrogens with zero attached hydrogens (tertiary/aromatic N) is 4. The van der Waals surface area contributed by atoms with E-state index in [9.17, 15) is 10.5 Å². The van der Waals surface area contributed by atoms with E-state index in [1.165, 1.54) is 88.2 Å². The molecule has 0 saturated heterocycles. The van der Waals surface area contributed by atoms with Crippen LogP contribution >= 0.6 is 0 Å². The van der Waals surface area contributed by atoms with Crippen molar-refractivity contribution >= 4 is 11.0 Å². The molecule has 0 aliphatic carbocycles. The van der Waals surface area contributed by atoms with Crippen molar-refractivity contribution in [1.82, 2.24) is 9.13 Å². The maximum absolute atomic E-state index is 9.52. The highest BCUT2D eigenvalue weighted by Gasteiger charge is 2.21. The second-order valence-electron chi connectivity index (χ2n) is 14.2. The van der Waals surface area contributed by atoms with Crippen molar-refractivity contribution in [2.24, 2.45) is 0 Å². The molecule has 0 N–H and O–H groups in total. The molecule has 4 aromatic carbocycles. The first-order chi connectivity index (χ1) is 25.6. The maximum atomic E-state index is 9.52. The van der Waals surface area contributed by atoms with E-state index in [0.717, 1.165) is 57.8 Å². The molecular formula is C48H52N4. The fourth-order valence-corrected chi connectivity index (χ4v) is 7.41. The fraction of sp³-hybridized carbons (Fsp3) is 0.333. The summed E-state index contributed by atoms with van der Waals surface area (Å²) in [5, 5.41) is 19.0. The first-order valence-electron chi connectivity index (χ1n) is 19.6. The molecule has 6 aromatic rings. The molecular weight excluding hydrogens is 633 g/mol. The van der Waals surface area contributed by atoms with Gasteiger partial charge in [-0.1, -0.05) is 127 Å². The van der Waals surface area contributed by atoms with Crippen molar-refractivity contribution in [3.8, 4) is 46.0 Å². The van der Waals surface area contributed by atoms with E-state index in [2.05, 4.69) is 120 Å². The topological polar surface area (TPSA) is 57.4 Å². The predicted octanol–water partition coefficient (Wildman–Crippen LogP) is 13.3. The predicted molar refractivity (Wildman–Crippen MR) is 217 cm³/mol. The molecule has 0 unspecified atom stereocenters. The minimum absolute atomic E-state index is 0.652. The molecule has 0 saturated carbocycles. The molecule has 0 fully saturated rings. The molecule has 0 aliphatic heterocycles. The van der Waals surface area contributed by atoms with Crippen LogP contribution in [0.2, 0.25) is 0 Å². The highest BCUT2D eigenvalue weighted by Crippen LogP contribution is 2.39. The Balaban J connectivity index is 1.40. The van der Waals surface area contributed by atoms with Crippen molar-refractivity contribution in [3.63, 3.8) is 0 Å². The number of aryl methyl sites for hydroxylation is 2. The Hall–Kier alpha value is -5.32. The van der Waals surface area contributed by atoms with E-state index in [4.69, 9.17) is 0 Å². The van der Waals surface area contributed by atoms with E-state index in [1.807, 2.05) is 24.3 Å². The monoisotopic (exact) mass is 684 g/mol. The SMILES string of the molecule is CCCCCCCCc1ccc(-n2c(-c3ccc(C#N)cc3)cc3c2cc(-c2ccc(C#N)cc2)n3-c2ccc(CCCCCCCC)cc2)cc1. The standard InChI is InChI=1S/C48H52N4/c1-3-5-7-9-11-13-15-37-21-29-43(30-22-37)51-45(41-25-17-39(35-49)18-26-41)33-48-47(51)34-46(42-27-19-40(36-50)20-28-42)52(48)44-31-23-38(24-32-44)16-14-12-10-8-6-4-2/h17-34H,3-16H2,1-2H3. The fourth-order valence-electron chi connectivity index (χ4n) is 7.41. The average Bonchev–Trinajstić information content (AvgIpc) is 3.75. The third kappa shape index (κ3) is 8.75. The number of benzene rings is 4. The number of nitriles is 2. The lowest BCUT2D eigenvalue weighted by Crippen LogP contribution is -1.98. The van der Waals surface area contributed by atoms with Crippen LogP contribution in [0.15, 0.2) is 109 Å². The Labute approximate surface area is 311 Å². The van der Waals surface area contributed by atoms with Gasteiger partial charge in [0.1, 0.15) is 0 Å². The molecule has 52 heavy (non-hydrogen) atoms. The second-order valence-corrected chi connectivity index (χ2v) is 14.2. The van der Waals surface area contributed by atoms with Crippen molar-refractivity contribution < 1.29 is 0 Å². The van der Waals surface area contributed by atoms with Gasteiger partial charge in [0, 0.05) is 11.4 Å². The Morgan fingerprint density at radius 3 is 1.12 bits per heavy atom. The van der Waals surface area contributed by atoms with Crippen molar-refractivity contribution in [3.05, 3.63) is 131 Å². The van der Waals surface area contributed by atoms with Gasteiger partial charge in [-0.25, -0.2) is 0 Å². The highest BCUT2D eigenvalue weighted by molar-refractivity contribution is 5.93. The first kappa shape index (κ1) is 36.5. The normalized spacial score (nSPS) is 11.2. The minimum Gasteiger partial charge on any atom is -0.308 e. The van der Waals surface area contributed by atoms with E-state index < -0.39 is 0 Å². The molecule has 0 atom stereocenters. The van der Waals surface area contributed by atoms with Crippen LogP contribution in [-0.2, 0) is 12.8 Å². The zero-order valence-corrected chi connectivity index (χ0v) is 31.1. The van der Waals surface area contributed by atoms with Gasteiger partial charge in [0.2, 0.25) is 0 Å². The van der Waals surface area contributed by atoms with Crippen LogP contribution in [0.5, 0.6) is 0 Å². The number of fused-ring (bicyclic) bond motifs is 1. The van der Waals surface area contributed by atoms with Crippen molar-refractivity contribution in [2.45, 2.75) is 104 Å². The van der Waals surface area contributed by atoms with Gasteiger partial charge in [-0.2, -0.15) is 10.5 Å². The lowest BCUT2D eigenvalue weighted by atomic mass is 10.0. The van der Waals surface area contributed by atoms with Gasteiger partial charge in [0.05, 0.1) is 45.7 Å². The van der Waals surface area contributed by atoms with Gasteiger partial charge < -0.3 is 9.13 Å². The summed E-state index contributed by atoms with van der Waals surface area (Å²) < 4.78 is 4.73. The molecule has 6 rings (SSSR count). The van der Waals surface area contributed by atoms with Gasteiger partial charge in [-0.15, -0.1) is 0 Å². The van der Waals surface area contributed by atoms with E-state index in [1.54, 1.807) is 0 Å². The van der Waals surface area contributed by atoms with Gasteiger partial charge in [0.25, 0.3) is 0 Å². The lowest BCUT2D eigenvalue weighted by Gasteiger charge is -2.13. The summed E-state index contributed by atoms with van der Waals surface area (Å²) in [6.45, 7) is 4.54. The summed E-state index contributed by atoms with van der Waals surface area (Å²) in [6, 6.07) is 43.1. The van der Waals surface area contributed by atoms with Crippen LogP contribution < -0.4 is 0 Å². The molecule has 0 aliphatic rings. The lowest BCUT2D eigenvalue weighted by molar-refractivity contribution is 0.607. The van der Waals surface area contributed by atoms with Crippen LogP contribution in [0.25, 0.3) is 44.9 Å². The Kier molecular flexibility index (Phi) is 12.8. The van der Waals surface area contributed by atoms with Crippen LogP contribution in [0.4, 0.5) is 0 Å². The van der Waals surface area contributed by atoms with Gasteiger partial charge in [0.15, 0.2) is 0 Å². The molecule has 4 nitrogen and oxygen atoms in total. The van der Waals surface area contributed by atoms with Crippen LogP contribution in [0.1, 0.15) is 113 Å². The smallest absolute Gasteiger partial charge is 0.0991 e. The van der Waals surface area contributed by atoms with Gasteiger partial charge in [-0.05, 0) is 109 Å². The third-order valence-corrected chi connectivity index (χ3v) is 10.4. The number of rotatable bonds is 18. The quantitative estimate of drug-likeness (QED) is 0.0846. The average molecular weight is 685 g/mol. The van der Waals surface area contributed by atoms with Crippen LogP contribution in [0.3, 0.4) is 0 Å². The molecule has 2 aromatic heterocycles. The van der Waals surface area contributed by atoms with E-state index in [0.29, 0.717) is 11.1 Å². The molecule has 0 bridgehead atoms. The van der Waals surface area contributed by atoms with E-state index >= 15 is 0 Å². The number of hydrogen-bond donors (Lipinski definition) is 0. The summed E-state index contributed by atoms with van der Waals surface area (Å²) >= 11 is 0. The summed E-state index contributed by atoms with van der Waals surface area (Å²) in [7, 11) is 0. The molecule has 0 radical (unpaired) electrons. The molecule has 0 amide bonds. The zero-order chi connectivity index (χ0) is 36.1. The van der Waals surface area contributed by atoms with Crippen molar-refractivity contribution in [1.29, 1.82) is 10.5 Å².